The maximum Gasteiger partial charge on any atom is 0.235 e. The molecule has 1 aromatic carbocycles. The second-order valence-corrected chi connectivity index (χ2v) is 5.94. The second kappa shape index (κ2) is 5.48. The highest BCUT2D eigenvalue weighted by molar-refractivity contribution is 9.10. The Morgan fingerprint density at radius 1 is 1.37 bits per heavy atom. The fourth-order valence-electron chi connectivity index (χ4n) is 3.25. The smallest absolute Gasteiger partial charge is 0.235 e. The Morgan fingerprint density at radius 3 is 2.53 bits per heavy atom. The lowest BCUT2D eigenvalue weighted by Crippen LogP contribution is -2.22. The van der Waals surface area contributed by atoms with Gasteiger partial charge in [0.2, 0.25) is 6.08 Å². The molecule has 0 radical (unpaired) electrons. The third kappa shape index (κ3) is 2.35. The Hall–Kier alpha value is -1.12. The average molecular weight is 324 g/mol. The molecule has 0 atom stereocenters. The van der Waals surface area contributed by atoms with Gasteiger partial charge >= 0.3 is 0 Å². The molecule has 0 bridgehead atoms. The van der Waals surface area contributed by atoms with Gasteiger partial charge in [0.25, 0.3) is 0 Å². The highest BCUT2D eigenvalue weighted by Gasteiger charge is 2.38. The zero-order valence-electron chi connectivity index (χ0n) is 11.5. The molecule has 0 saturated heterocycles. The van der Waals surface area contributed by atoms with Gasteiger partial charge in [0.15, 0.2) is 0 Å². The first kappa shape index (κ1) is 14.3. The molecule has 19 heavy (non-hydrogen) atoms. The Balaban J connectivity index is 2.67. The number of benzene rings is 1. The number of halogens is 1. The molecule has 102 valence electrons. The van der Waals surface area contributed by atoms with Gasteiger partial charge in [-0.3, -0.25) is 0 Å². The maximum atomic E-state index is 10.8. The van der Waals surface area contributed by atoms with E-state index in [2.05, 4.69) is 34.8 Å². The highest BCUT2D eigenvalue weighted by atomic mass is 79.9. The van der Waals surface area contributed by atoms with E-state index in [1.165, 1.54) is 0 Å². The van der Waals surface area contributed by atoms with Gasteiger partial charge in [0.1, 0.15) is 5.75 Å². The summed E-state index contributed by atoms with van der Waals surface area (Å²) in [5.74, 6) is 0.821. The standard InChI is InChI=1S/C15H18BrNO2/c1-10-8-12(19-3)14(16)11(2)13(10)15(17-9-18)6-4-5-7-15/h8H,4-7H2,1-3H3. The Kier molecular flexibility index (Phi) is 4.12. The van der Waals surface area contributed by atoms with Crippen LogP contribution >= 0.6 is 15.9 Å². The molecule has 3 nitrogen and oxygen atoms in total. The number of isocyanates is 1. The van der Waals surface area contributed by atoms with E-state index in [1.54, 1.807) is 13.2 Å². The van der Waals surface area contributed by atoms with Crippen molar-refractivity contribution in [2.75, 3.05) is 7.11 Å². The van der Waals surface area contributed by atoms with E-state index in [0.29, 0.717) is 0 Å². The van der Waals surface area contributed by atoms with Crippen LogP contribution in [-0.4, -0.2) is 13.2 Å². The number of hydrogen-bond donors (Lipinski definition) is 0. The molecule has 0 spiro atoms. The molecule has 1 saturated carbocycles. The van der Waals surface area contributed by atoms with Crippen molar-refractivity contribution in [3.63, 3.8) is 0 Å². The van der Waals surface area contributed by atoms with Crippen LogP contribution in [-0.2, 0) is 10.3 Å². The van der Waals surface area contributed by atoms with Crippen LogP contribution in [0.25, 0.3) is 0 Å². The number of carbonyl (C=O) groups excluding carboxylic acids is 1. The van der Waals surface area contributed by atoms with Crippen molar-refractivity contribution in [2.45, 2.75) is 45.1 Å². The van der Waals surface area contributed by atoms with Crippen LogP contribution in [0.1, 0.15) is 42.4 Å². The van der Waals surface area contributed by atoms with Gasteiger partial charge in [-0.2, -0.15) is 4.99 Å². The van der Waals surface area contributed by atoms with Gasteiger partial charge in [-0.25, -0.2) is 4.79 Å². The largest absolute Gasteiger partial charge is 0.496 e. The molecular formula is C15H18BrNO2. The lowest BCUT2D eigenvalue weighted by atomic mass is 9.83. The van der Waals surface area contributed by atoms with Crippen molar-refractivity contribution < 1.29 is 9.53 Å². The molecule has 4 heteroatoms. The number of methoxy groups -OCH3 is 1. The third-order valence-electron chi connectivity index (χ3n) is 4.04. The topological polar surface area (TPSA) is 38.7 Å². The van der Waals surface area contributed by atoms with E-state index in [4.69, 9.17) is 4.74 Å². The molecular weight excluding hydrogens is 306 g/mol. The number of rotatable bonds is 3. The van der Waals surface area contributed by atoms with Gasteiger partial charge < -0.3 is 4.74 Å². The summed E-state index contributed by atoms with van der Waals surface area (Å²) in [5, 5.41) is 0. The van der Waals surface area contributed by atoms with Gasteiger partial charge in [0.05, 0.1) is 17.1 Å². The van der Waals surface area contributed by atoms with Gasteiger partial charge in [0, 0.05) is 0 Å². The summed E-state index contributed by atoms with van der Waals surface area (Å²) in [4.78, 5) is 15.0. The van der Waals surface area contributed by atoms with E-state index >= 15 is 0 Å². The summed E-state index contributed by atoms with van der Waals surface area (Å²) >= 11 is 3.58. The minimum atomic E-state index is -0.384. The molecule has 0 aromatic heterocycles. The van der Waals surface area contributed by atoms with Crippen molar-refractivity contribution >= 4 is 22.0 Å². The van der Waals surface area contributed by atoms with Crippen LogP contribution in [0, 0.1) is 13.8 Å². The first-order valence-corrected chi connectivity index (χ1v) is 7.28. The predicted molar refractivity (Wildman–Crippen MR) is 78.4 cm³/mol. The predicted octanol–water partition coefficient (Wildman–Crippen LogP) is 4.18. The number of aliphatic imine (C=N–C) groups is 1. The van der Waals surface area contributed by atoms with Crippen molar-refractivity contribution in [1.82, 2.24) is 0 Å². The van der Waals surface area contributed by atoms with Gasteiger partial charge in [-0.15, -0.1) is 0 Å². The molecule has 1 aliphatic rings. The molecule has 1 aromatic rings. The molecule has 0 N–H and O–H groups in total. The minimum absolute atomic E-state index is 0.384. The van der Waals surface area contributed by atoms with Crippen LogP contribution in [0.5, 0.6) is 5.75 Å². The number of aryl methyl sites for hydroxylation is 1. The quantitative estimate of drug-likeness (QED) is 0.618. The summed E-state index contributed by atoms with van der Waals surface area (Å²) in [6.07, 6.45) is 5.83. The Morgan fingerprint density at radius 2 is 2.00 bits per heavy atom. The average Bonchev–Trinajstić information content (AvgIpc) is 2.83. The summed E-state index contributed by atoms with van der Waals surface area (Å²) < 4.78 is 6.31. The minimum Gasteiger partial charge on any atom is -0.496 e. The number of hydrogen-bond acceptors (Lipinski definition) is 3. The molecule has 1 fully saturated rings. The molecule has 0 amide bonds. The second-order valence-electron chi connectivity index (χ2n) is 5.15. The van der Waals surface area contributed by atoms with Crippen molar-refractivity contribution in [3.8, 4) is 5.75 Å². The van der Waals surface area contributed by atoms with E-state index in [9.17, 15) is 4.79 Å². The molecule has 2 rings (SSSR count). The van der Waals surface area contributed by atoms with E-state index in [0.717, 1.165) is 52.6 Å². The first-order chi connectivity index (χ1) is 9.05. The fourth-order valence-corrected chi connectivity index (χ4v) is 3.73. The lowest BCUT2D eigenvalue weighted by Gasteiger charge is -2.28. The van der Waals surface area contributed by atoms with Crippen LogP contribution < -0.4 is 4.74 Å². The fraction of sp³-hybridized carbons (Fsp3) is 0.533. The molecule has 0 aliphatic heterocycles. The number of nitrogens with zero attached hydrogens (tertiary/aromatic N) is 1. The van der Waals surface area contributed by atoms with Crippen molar-refractivity contribution in [2.24, 2.45) is 4.99 Å². The van der Waals surface area contributed by atoms with Crippen molar-refractivity contribution in [3.05, 3.63) is 27.2 Å². The van der Waals surface area contributed by atoms with Crippen LogP contribution in [0.3, 0.4) is 0 Å². The van der Waals surface area contributed by atoms with Gasteiger partial charge in [-0.05, 0) is 65.4 Å². The zero-order valence-corrected chi connectivity index (χ0v) is 13.1. The summed E-state index contributed by atoms with van der Waals surface area (Å²) in [6, 6.07) is 2.01. The van der Waals surface area contributed by atoms with Gasteiger partial charge in [-0.1, -0.05) is 12.8 Å². The van der Waals surface area contributed by atoms with Crippen LogP contribution in [0.15, 0.2) is 15.5 Å². The third-order valence-corrected chi connectivity index (χ3v) is 5.02. The van der Waals surface area contributed by atoms with Crippen LogP contribution in [0.2, 0.25) is 0 Å². The Labute approximate surface area is 122 Å². The van der Waals surface area contributed by atoms with Crippen molar-refractivity contribution in [1.29, 1.82) is 0 Å². The summed E-state index contributed by atoms with van der Waals surface area (Å²) in [7, 11) is 1.66. The van der Waals surface area contributed by atoms with E-state index in [-0.39, 0.29) is 5.54 Å². The molecule has 0 unspecified atom stereocenters. The normalized spacial score (nSPS) is 17.1. The molecule has 0 heterocycles. The van der Waals surface area contributed by atoms with E-state index in [1.807, 2.05) is 6.07 Å². The SMILES string of the molecule is COc1cc(C)c(C2(N=C=O)CCCC2)c(C)c1Br. The van der Waals surface area contributed by atoms with Crippen LogP contribution in [0.4, 0.5) is 0 Å². The maximum absolute atomic E-state index is 10.8. The zero-order chi connectivity index (χ0) is 14.0. The highest BCUT2D eigenvalue weighted by Crippen LogP contribution is 2.47. The summed E-state index contributed by atoms with van der Waals surface area (Å²) in [5.41, 5.74) is 3.00. The first-order valence-electron chi connectivity index (χ1n) is 6.49. The Bertz CT molecular complexity index is 542. The summed E-state index contributed by atoms with van der Waals surface area (Å²) in [6.45, 7) is 4.10. The molecule has 1 aliphatic carbocycles. The van der Waals surface area contributed by atoms with E-state index < -0.39 is 0 Å². The lowest BCUT2D eigenvalue weighted by molar-refractivity contribution is 0.408. The number of ether oxygens (including phenoxy) is 1. The monoisotopic (exact) mass is 323 g/mol.